The Bertz CT molecular complexity index is 894. The second kappa shape index (κ2) is 8.64. The fourth-order valence-corrected chi connectivity index (χ4v) is 5.05. The Kier molecular flexibility index (Phi) is 5.95. The summed E-state index contributed by atoms with van der Waals surface area (Å²) in [5.74, 6) is 0.449. The topological polar surface area (TPSA) is 54.8 Å². The van der Waals surface area contributed by atoms with Gasteiger partial charge in [-0.3, -0.25) is 9.59 Å². The van der Waals surface area contributed by atoms with Crippen molar-refractivity contribution >= 4 is 11.8 Å². The maximum atomic E-state index is 13.1. The molecule has 30 heavy (non-hydrogen) atoms. The molecule has 4 rings (SSSR count). The fourth-order valence-electron chi connectivity index (χ4n) is 5.05. The third kappa shape index (κ3) is 4.01. The zero-order valence-electron chi connectivity index (χ0n) is 17.9. The molecule has 0 N–H and O–H groups in total. The van der Waals surface area contributed by atoms with Crippen LogP contribution in [0.4, 0.5) is 0 Å². The van der Waals surface area contributed by atoms with Gasteiger partial charge in [0, 0.05) is 57.4 Å². The summed E-state index contributed by atoms with van der Waals surface area (Å²) in [7, 11) is 1.91. The van der Waals surface area contributed by atoms with Crippen LogP contribution in [0, 0.1) is 11.3 Å². The zero-order chi connectivity index (χ0) is 21.1. The smallest absolute Gasteiger partial charge is 0.270 e. The van der Waals surface area contributed by atoms with Crippen LogP contribution in [0.2, 0.25) is 0 Å². The molecule has 2 aromatic rings. The summed E-state index contributed by atoms with van der Waals surface area (Å²) in [6.07, 6.45) is 3.83. The number of benzene rings is 1. The van der Waals surface area contributed by atoms with Crippen LogP contribution < -0.4 is 0 Å². The van der Waals surface area contributed by atoms with E-state index in [0.717, 1.165) is 18.5 Å². The van der Waals surface area contributed by atoms with Crippen LogP contribution in [0.25, 0.3) is 0 Å². The maximum absolute atomic E-state index is 13.1. The van der Waals surface area contributed by atoms with Crippen molar-refractivity contribution in [3.63, 3.8) is 0 Å². The molecule has 0 unspecified atom stereocenters. The van der Waals surface area contributed by atoms with Crippen LogP contribution in [-0.2, 0) is 23.0 Å². The van der Waals surface area contributed by atoms with Crippen molar-refractivity contribution in [3.05, 3.63) is 59.9 Å². The lowest BCUT2D eigenvalue weighted by Crippen LogP contribution is -2.40. The van der Waals surface area contributed by atoms with Gasteiger partial charge in [-0.1, -0.05) is 30.3 Å². The van der Waals surface area contributed by atoms with Gasteiger partial charge in [0.2, 0.25) is 5.91 Å². The zero-order valence-corrected chi connectivity index (χ0v) is 17.9. The maximum Gasteiger partial charge on any atom is 0.270 e. The van der Waals surface area contributed by atoms with Crippen molar-refractivity contribution in [2.75, 3.05) is 39.4 Å². The summed E-state index contributed by atoms with van der Waals surface area (Å²) in [6, 6.07) is 14.3. The van der Waals surface area contributed by atoms with E-state index in [4.69, 9.17) is 4.74 Å². The van der Waals surface area contributed by atoms with E-state index in [1.54, 1.807) is 0 Å². The molecular formula is C24H31N3O3. The molecular weight excluding hydrogens is 378 g/mol. The molecule has 2 fully saturated rings. The number of amides is 2. The lowest BCUT2D eigenvalue weighted by Gasteiger charge is -2.29. The summed E-state index contributed by atoms with van der Waals surface area (Å²) in [6.45, 7) is 5.40. The number of rotatable bonds is 7. The van der Waals surface area contributed by atoms with Gasteiger partial charge in [0.15, 0.2) is 0 Å². The third-order valence-corrected chi connectivity index (χ3v) is 6.75. The Balaban J connectivity index is 1.51. The first-order chi connectivity index (χ1) is 14.5. The highest BCUT2D eigenvalue weighted by molar-refractivity contribution is 5.93. The Hall–Kier alpha value is -2.60. The number of nitrogens with zero attached hydrogens (tertiary/aromatic N) is 3. The van der Waals surface area contributed by atoms with Gasteiger partial charge in [0.25, 0.3) is 5.91 Å². The number of carbonyl (C=O) groups excluding carboxylic acids is 2. The van der Waals surface area contributed by atoms with E-state index >= 15 is 0 Å². The summed E-state index contributed by atoms with van der Waals surface area (Å²) in [4.78, 5) is 29.7. The Morgan fingerprint density at radius 2 is 1.80 bits per heavy atom. The summed E-state index contributed by atoms with van der Waals surface area (Å²) in [5.41, 5.74) is 1.97. The monoisotopic (exact) mass is 409 g/mol. The van der Waals surface area contributed by atoms with Crippen LogP contribution in [0.1, 0.15) is 29.4 Å². The van der Waals surface area contributed by atoms with Gasteiger partial charge >= 0.3 is 0 Å². The van der Waals surface area contributed by atoms with Crippen molar-refractivity contribution in [3.8, 4) is 0 Å². The van der Waals surface area contributed by atoms with Gasteiger partial charge in [0.1, 0.15) is 12.3 Å². The molecule has 0 bridgehead atoms. The molecule has 160 valence electrons. The second-order valence-electron chi connectivity index (χ2n) is 8.65. The number of hydrogen-bond donors (Lipinski definition) is 0. The van der Waals surface area contributed by atoms with Crippen LogP contribution in [-0.4, -0.2) is 65.6 Å². The van der Waals surface area contributed by atoms with Crippen molar-refractivity contribution in [2.24, 2.45) is 18.4 Å². The lowest BCUT2D eigenvalue weighted by atomic mass is 9.76. The Morgan fingerprint density at radius 1 is 1.07 bits per heavy atom. The summed E-state index contributed by atoms with van der Waals surface area (Å²) < 4.78 is 7.23. The van der Waals surface area contributed by atoms with Crippen LogP contribution in [0.5, 0.6) is 0 Å². The van der Waals surface area contributed by atoms with Crippen LogP contribution >= 0.6 is 0 Å². The Labute approximate surface area is 178 Å². The second-order valence-corrected chi connectivity index (χ2v) is 8.65. The van der Waals surface area contributed by atoms with Crippen LogP contribution in [0.3, 0.4) is 0 Å². The van der Waals surface area contributed by atoms with Gasteiger partial charge in [-0.25, -0.2) is 0 Å². The fraction of sp³-hybridized carbons (Fsp3) is 0.500. The van der Waals surface area contributed by atoms with E-state index in [1.807, 2.05) is 52.7 Å². The van der Waals surface area contributed by atoms with E-state index < -0.39 is 0 Å². The van der Waals surface area contributed by atoms with Crippen molar-refractivity contribution < 1.29 is 14.3 Å². The van der Waals surface area contributed by atoms with E-state index in [2.05, 4.69) is 24.3 Å². The molecule has 2 saturated heterocycles. The first-order valence-corrected chi connectivity index (χ1v) is 10.8. The predicted molar refractivity (Wildman–Crippen MR) is 115 cm³/mol. The minimum absolute atomic E-state index is 0.0570. The molecule has 0 aliphatic carbocycles. The van der Waals surface area contributed by atoms with Crippen molar-refractivity contribution in [1.82, 2.24) is 14.4 Å². The first-order valence-electron chi connectivity index (χ1n) is 10.8. The molecule has 2 amide bonds. The molecule has 1 aromatic heterocycles. The molecule has 6 nitrogen and oxygen atoms in total. The average molecular weight is 410 g/mol. The van der Waals surface area contributed by atoms with Crippen molar-refractivity contribution in [2.45, 2.75) is 19.8 Å². The summed E-state index contributed by atoms with van der Waals surface area (Å²) >= 11 is 0. The molecule has 3 heterocycles. The summed E-state index contributed by atoms with van der Waals surface area (Å²) in [5, 5.41) is 0. The molecule has 2 aliphatic rings. The van der Waals surface area contributed by atoms with Crippen molar-refractivity contribution in [1.29, 1.82) is 0 Å². The molecule has 0 saturated carbocycles. The predicted octanol–water partition coefficient (Wildman–Crippen LogP) is 2.59. The van der Waals surface area contributed by atoms with E-state index in [9.17, 15) is 9.59 Å². The molecule has 0 radical (unpaired) electrons. The SMILES string of the molecule is CCOCC(=O)N1C[C@@H]2CN(C(=O)c3cccn3C)C[C@]2(CCc2ccccc2)C1. The highest BCUT2D eigenvalue weighted by Gasteiger charge is 2.54. The highest BCUT2D eigenvalue weighted by Crippen LogP contribution is 2.46. The van der Waals surface area contributed by atoms with Gasteiger partial charge in [-0.15, -0.1) is 0 Å². The van der Waals surface area contributed by atoms with Gasteiger partial charge in [-0.05, 0) is 37.5 Å². The standard InChI is InChI=1S/C24H31N3O3/c1-3-30-16-22(28)26-14-20-15-27(23(29)21-10-7-13-25(21)2)18-24(20,17-26)12-11-19-8-5-4-6-9-19/h4-10,13,20H,3,11-12,14-18H2,1-2H3/t20-,24+/m1/s1. The quantitative estimate of drug-likeness (QED) is 0.706. The molecule has 6 heteroatoms. The van der Waals surface area contributed by atoms with Crippen LogP contribution in [0.15, 0.2) is 48.7 Å². The number of carbonyl (C=O) groups is 2. The molecule has 1 aromatic carbocycles. The number of hydrogen-bond acceptors (Lipinski definition) is 3. The normalized spacial score (nSPS) is 23.1. The van der Waals surface area contributed by atoms with Gasteiger partial charge in [0.05, 0.1) is 0 Å². The third-order valence-electron chi connectivity index (χ3n) is 6.75. The van der Waals surface area contributed by atoms with Gasteiger partial charge in [-0.2, -0.15) is 0 Å². The minimum atomic E-state index is -0.0570. The van der Waals surface area contributed by atoms with E-state index in [1.165, 1.54) is 5.56 Å². The largest absolute Gasteiger partial charge is 0.372 e. The van der Waals surface area contributed by atoms with E-state index in [0.29, 0.717) is 38.7 Å². The minimum Gasteiger partial charge on any atom is -0.372 e. The number of ether oxygens (including phenoxy) is 1. The number of likely N-dealkylation sites (tertiary alicyclic amines) is 2. The Morgan fingerprint density at radius 3 is 2.50 bits per heavy atom. The number of aromatic nitrogens is 1. The molecule has 2 atom stereocenters. The van der Waals surface area contributed by atoms with Gasteiger partial charge < -0.3 is 19.1 Å². The number of fused-ring (bicyclic) bond motifs is 1. The number of aryl methyl sites for hydroxylation is 2. The first kappa shape index (κ1) is 20.7. The molecule has 2 aliphatic heterocycles. The lowest BCUT2D eigenvalue weighted by molar-refractivity contribution is -0.135. The van der Waals surface area contributed by atoms with E-state index in [-0.39, 0.29) is 23.8 Å². The molecule has 0 spiro atoms. The highest BCUT2D eigenvalue weighted by atomic mass is 16.5. The average Bonchev–Trinajstić information content (AvgIpc) is 3.43.